The zero-order valence-corrected chi connectivity index (χ0v) is 17.2. The van der Waals surface area contributed by atoms with E-state index in [2.05, 4.69) is 30.2 Å². The Labute approximate surface area is 182 Å². The Morgan fingerprint density at radius 2 is 1.91 bits per heavy atom. The zero-order chi connectivity index (χ0) is 22.7. The summed E-state index contributed by atoms with van der Waals surface area (Å²) in [4.78, 5) is 35.1. The molecule has 1 fully saturated rings. The first-order chi connectivity index (χ1) is 15.3. The fraction of sp³-hybridized carbons (Fsp3) is 0.333. The van der Waals surface area contributed by atoms with Gasteiger partial charge in [-0.3, -0.25) is 4.79 Å². The minimum absolute atomic E-state index is 0.181. The molecule has 1 aliphatic rings. The van der Waals surface area contributed by atoms with Gasteiger partial charge in [0.1, 0.15) is 11.5 Å². The first-order valence-electron chi connectivity index (χ1n) is 10.0. The van der Waals surface area contributed by atoms with Gasteiger partial charge in [0, 0.05) is 37.2 Å². The molecule has 1 amide bonds. The van der Waals surface area contributed by atoms with Crippen LogP contribution >= 0.6 is 0 Å². The van der Waals surface area contributed by atoms with Gasteiger partial charge in [0.05, 0.1) is 18.0 Å². The van der Waals surface area contributed by atoms with Gasteiger partial charge in [-0.1, -0.05) is 0 Å². The molecule has 11 heteroatoms. The van der Waals surface area contributed by atoms with E-state index < -0.39 is 11.9 Å². The SMILES string of the molecule is Cc1ccc(-c2ncccn2)c(C(=O)N2CCCC(Nc3cnc(C(F)(F)F)cn3)C2)n1. The van der Waals surface area contributed by atoms with Crippen LogP contribution < -0.4 is 5.32 Å². The number of nitrogens with one attached hydrogen (secondary N) is 1. The second kappa shape index (κ2) is 8.85. The lowest BCUT2D eigenvalue weighted by atomic mass is 10.0. The van der Waals surface area contributed by atoms with Gasteiger partial charge in [0.15, 0.2) is 11.5 Å². The predicted octanol–water partition coefficient (Wildman–Crippen LogP) is 3.37. The third-order valence-electron chi connectivity index (χ3n) is 5.05. The topological polar surface area (TPSA) is 96.8 Å². The number of carbonyl (C=O) groups is 1. The summed E-state index contributed by atoms with van der Waals surface area (Å²) >= 11 is 0. The number of carbonyl (C=O) groups excluding carboxylic acids is 1. The summed E-state index contributed by atoms with van der Waals surface area (Å²) in [5, 5.41) is 3.07. The highest BCUT2D eigenvalue weighted by atomic mass is 19.4. The monoisotopic (exact) mass is 443 g/mol. The molecule has 0 spiro atoms. The minimum atomic E-state index is -4.54. The van der Waals surface area contributed by atoms with E-state index in [-0.39, 0.29) is 23.5 Å². The molecule has 1 atom stereocenters. The normalized spacial score (nSPS) is 16.6. The van der Waals surface area contributed by atoms with Crippen molar-refractivity contribution in [1.82, 2.24) is 29.8 Å². The van der Waals surface area contributed by atoms with E-state index in [1.165, 1.54) is 0 Å². The Bertz CT molecular complexity index is 1090. The number of hydrogen-bond acceptors (Lipinski definition) is 7. The van der Waals surface area contributed by atoms with Crippen LogP contribution in [-0.2, 0) is 6.18 Å². The van der Waals surface area contributed by atoms with Gasteiger partial charge in [-0.25, -0.2) is 24.9 Å². The van der Waals surface area contributed by atoms with Crippen molar-refractivity contribution < 1.29 is 18.0 Å². The van der Waals surface area contributed by atoms with Crippen molar-refractivity contribution in [3.05, 3.63) is 60.1 Å². The van der Waals surface area contributed by atoms with Crippen molar-refractivity contribution in [1.29, 1.82) is 0 Å². The third kappa shape index (κ3) is 4.82. The molecule has 0 aliphatic carbocycles. The van der Waals surface area contributed by atoms with Crippen molar-refractivity contribution in [2.45, 2.75) is 32.0 Å². The highest BCUT2D eigenvalue weighted by molar-refractivity contribution is 5.98. The van der Waals surface area contributed by atoms with Gasteiger partial charge < -0.3 is 10.2 Å². The van der Waals surface area contributed by atoms with Gasteiger partial charge in [-0.05, 0) is 38.0 Å². The van der Waals surface area contributed by atoms with E-state index in [4.69, 9.17) is 0 Å². The molecule has 0 saturated carbocycles. The summed E-state index contributed by atoms with van der Waals surface area (Å²) in [6.07, 6.45) is 1.86. The summed E-state index contributed by atoms with van der Waals surface area (Å²) in [5.41, 5.74) is 0.459. The van der Waals surface area contributed by atoms with Crippen molar-refractivity contribution in [2.24, 2.45) is 0 Å². The molecule has 1 aliphatic heterocycles. The summed E-state index contributed by atoms with van der Waals surface area (Å²) in [6.45, 7) is 2.70. The number of hydrogen-bond donors (Lipinski definition) is 1. The zero-order valence-electron chi connectivity index (χ0n) is 17.2. The highest BCUT2D eigenvalue weighted by Gasteiger charge is 2.33. The van der Waals surface area contributed by atoms with Crippen LogP contribution in [0.2, 0.25) is 0 Å². The van der Waals surface area contributed by atoms with Gasteiger partial charge >= 0.3 is 6.18 Å². The summed E-state index contributed by atoms with van der Waals surface area (Å²) in [5.74, 6) is 0.389. The molecule has 0 aromatic carbocycles. The lowest BCUT2D eigenvalue weighted by Gasteiger charge is -2.33. The summed E-state index contributed by atoms with van der Waals surface area (Å²) in [6, 6.07) is 5.09. The molecule has 1 N–H and O–H groups in total. The highest BCUT2D eigenvalue weighted by Crippen LogP contribution is 2.27. The molecular formula is C21H20F3N7O. The molecule has 0 radical (unpaired) electrons. The van der Waals surface area contributed by atoms with Gasteiger partial charge in [-0.2, -0.15) is 13.2 Å². The van der Waals surface area contributed by atoms with Crippen molar-refractivity contribution >= 4 is 11.7 Å². The number of anilines is 1. The van der Waals surface area contributed by atoms with Crippen LogP contribution in [0.3, 0.4) is 0 Å². The van der Waals surface area contributed by atoms with Gasteiger partial charge in [0.25, 0.3) is 5.91 Å². The van der Waals surface area contributed by atoms with E-state index in [1.807, 2.05) is 0 Å². The lowest BCUT2D eigenvalue weighted by molar-refractivity contribution is -0.141. The quantitative estimate of drug-likeness (QED) is 0.660. The Morgan fingerprint density at radius 1 is 1.12 bits per heavy atom. The average molecular weight is 443 g/mol. The van der Waals surface area contributed by atoms with E-state index in [9.17, 15) is 18.0 Å². The standard InChI is InChI=1S/C21H20F3N7O/c1-13-5-6-15(19-25-7-3-8-26-19)18(29-13)20(32)31-9-2-4-14(12-31)30-17-11-27-16(10-28-17)21(22,23)24/h3,5-8,10-11,14H,2,4,9,12H2,1H3,(H,28,30). The van der Waals surface area contributed by atoms with Crippen LogP contribution in [0.4, 0.5) is 19.0 Å². The number of pyridine rings is 1. The molecule has 0 bridgehead atoms. The fourth-order valence-electron chi connectivity index (χ4n) is 3.53. The average Bonchev–Trinajstić information content (AvgIpc) is 2.79. The molecule has 8 nitrogen and oxygen atoms in total. The molecular weight excluding hydrogens is 423 g/mol. The van der Waals surface area contributed by atoms with Crippen LogP contribution in [0.15, 0.2) is 43.0 Å². The number of amides is 1. The Kier molecular flexibility index (Phi) is 5.97. The number of piperidine rings is 1. The molecule has 3 aromatic heterocycles. The van der Waals surface area contributed by atoms with E-state index in [1.54, 1.807) is 42.4 Å². The van der Waals surface area contributed by atoms with Crippen LogP contribution in [0.25, 0.3) is 11.4 Å². The molecule has 1 unspecified atom stereocenters. The maximum absolute atomic E-state index is 13.3. The van der Waals surface area contributed by atoms with Crippen molar-refractivity contribution in [3.63, 3.8) is 0 Å². The number of rotatable bonds is 4. The number of aryl methyl sites for hydroxylation is 1. The maximum atomic E-state index is 13.3. The number of halogens is 3. The number of nitrogens with zero attached hydrogens (tertiary/aromatic N) is 6. The summed E-state index contributed by atoms with van der Waals surface area (Å²) < 4.78 is 38.0. The molecule has 32 heavy (non-hydrogen) atoms. The Balaban J connectivity index is 1.50. The number of likely N-dealkylation sites (tertiary alicyclic amines) is 1. The first-order valence-corrected chi connectivity index (χ1v) is 10.0. The van der Waals surface area contributed by atoms with Crippen LogP contribution in [0.1, 0.15) is 34.7 Å². The molecule has 3 aromatic rings. The van der Waals surface area contributed by atoms with Gasteiger partial charge in [-0.15, -0.1) is 0 Å². The second-order valence-corrected chi connectivity index (χ2v) is 7.44. The molecule has 4 rings (SSSR count). The van der Waals surface area contributed by atoms with Crippen LogP contribution in [-0.4, -0.2) is 54.9 Å². The Hall–Kier alpha value is -3.63. The number of alkyl halides is 3. The molecule has 1 saturated heterocycles. The second-order valence-electron chi connectivity index (χ2n) is 7.44. The van der Waals surface area contributed by atoms with Crippen LogP contribution in [0.5, 0.6) is 0 Å². The van der Waals surface area contributed by atoms with Crippen LogP contribution in [0, 0.1) is 6.92 Å². The molecule has 4 heterocycles. The summed E-state index contributed by atoms with van der Waals surface area (Å²) in [7, 11) is 0. The van der Waals surface area contributed by atoms with Crippen molar-refractivity contribution in [2.75, 3.05) is 18.4 Å². The largest absolute Gasteiger partial charge is 0.434 e. The van der Waals surface area contributed by atoms with E-state index >= 15 is 0 Å². The fourth-order valence-corrected chi connectivity index (χ4v) is 3.53. The maximum Gasteiger partial charge on any atom is 0.434 e. The number of aromatic nitrogens is 5. The van der Waals surface area contributed by atoms with E-state index in [0.29, 0.717) is 36.4 Å². The van der Waals surface area contributed by atoms with Gasteiger partial charge in [0.2, 0.25) is 0 Å². The van der Waals surface area contributed by atoms with E-state index in [0.717, 1.165) is 19.0 Å². The predicted molar refractivity (Wildman–Crippen MR) is 110 cm³/mol. The minimum Gasteiger partial charge on any atom is -0.364 e. The Morgan fingerprint density at radius 3 is 2.59 bits per heavy atom. The smallest absolute Gasteiger partial charge is 0.364 e. The third-order valence-corrected chi connectivity index (χ3v) is 5.05. The van der Waals surface area contributed by atoms with Crippen molar-refractivity contribution in [3.8, 4) is 11.4 Å². The molecule has 166 valence electrons. The first kappa shape index (κ1) is 21.6. The lowest BCUT2D eigenvalue weighted by Crippen LogP contribution is -2.45.